The van der Waals surface area contributed by atoms with Crippen molar-refractivity contribution in [1.82, 2.24) is 0 Å². The fraction of sp³-hybridized carbons (Fsp3) is 0.333. The van der Waals surface area contributed by atoms with Crippen LogP contribution in [0.15, 0.2) is 40.6 Å². The van der Waals surface area contributed by atoms with Crippen LogP contribution in [0.25, 0.3) is 0 Å². The molecule has 0 fully saturated rings. The molecule has 6 heteroatoms. The van der Waals surface area contributed by atoms with E-state index in [1.807, 2.05) is 25.3 Å². The van der Waals surface area contributed by atoms with Gasteiger partial charge in [-0.15, -0.1) is 11.3 Å². The van der Waals surface area contributed by atoms with Crippen molar-refractivity contribution in [2.45, 2.75) is 31.3 Å². The van der Waals surface area contributed by atoms with Gasteiger partial charge in [0.05, 0.1) is 17.6 Å². The summed E-state index contributed by atoms with van der Waals surface area (Å²) in [5.74, 6) is 0. The van der Waals surface area contributed by atoms with Crippen molar-refractivity contribution in [1.29, 1.82) is 0 Å². The quantitative estimate of drug-likeness (QED) is 0.829. The fourth-order valence-electron chi connectivity index (χ4n) is 1.83. The summed E-state index contributed by atoms with van der Waals surface area (Å²) in [5.41, 5.74) is 2.11. The van der Waals surface area contributed by atoms with Crippen molar-refractivity contribution in [3.05, 3.63) is 51.7 Å². The van der Waals surface area contributed by atoms with E-state index in [-0.39, 0.29) is 11.5 Å². The van der Waals surface area contributed by atoms with Crippen LogP contribution in [0.4, 0.5) is 0 Å². The first kappa shape index (κ1) is 16.2. The molecule has 2 rings (SSSR count). The number of aryl methyl sites for hydroxylation is 2. The van der Waals surface area contributed by atoms with Gasteiger partial charge in [0.2, 0.25) is 0 Å². The van der Waals surface area contributed by atoms with Crippen LogP contribution in [-0.4, -0.2) is 26.2 Å². The lowest BCUT2D eigenvalue weighted by molar-refractivity contribution is 0.111. The lowest BCUT2D eigenvalue weighted by Crippen LogP contribution is -2.20. The second-order valence-corrected chi connectivity index (χ2v) is 7.61. The summed E-state index contributed by atoms with van der Waals surface area (Å²) in [6, 6.07) is 8.39. The second-order valence-electron chi connectivity index (χ2n) is 5.00. The molecular weight excluding hydrogens is 308 g/mol. The highest BCUT2D eigenvalue weighted by molar-refractivity contribution is 7.86. The molecular formula is C15H18O4S2. The molecule has 0 aliphatic carbocycles. The van der Waals surface area contributed by atoms with Gasteiger partial charge >= 0.3 is 0 Å². The Hall–Kier alpha value is -1.21. The third-order valence-corrected chi connectivity index (χ3v) is 5.32. The maximum absolute atomic E-state index is 12.0. The number of hydrogen-bond acceptors (Lipinski definition) is 5. The minimum atomic E-state index is -3.82. The number of benzene rings is 1. The standard InChI is InChI=1S/C15H18O4S2/c1-11-3-5-15(6-4-11)21(17,18)19-9-13(16)8-14-7-12(2)10-20-14/h3-7,10,13,16H,8-9H2,1-2H3. The third-order valence-electron chi connectivity index (χ3n) is 2.95. The van der Waals surface area contributed by atoms with Gasteiger partial charge in [0.1, 0.15) is 0 Å². The zero-order valence-electron chi connectivity index (χ0n) is 11.9. The molecule has 1 N–H and O–H groups in total. The van der Waals surface area contributed by atoms with Gasteiger partial charge in [-0.3, -0.25) is 4.18 Å². The van der Waals surface area contributed by atoms with Gasteiger partial charge in [-0.1, -0.05) is 17.7 Å². The van der Waals surface area contributed by atoms with Gasteiger partial charge in [0.15, 0.2) is 0 Å². The number of aliphatic hydroxyl groups excluding tert-OH is 1. The van der Waals surface area contributed by atoms with Gasteiger partial charge in [-0.2, -0.15) is 8.42 Å². The molecule has 0 aliphatic rings. The van der Waals surface area contributed by atoms with Gasteiger partial charge < -0.3 is 5.11 Å². The highest BCUT2D eigenvalue weighted by Gasteiger charge is 2.17. The van der Waals surface area contributed by atoms with Crippen LogP contribution in [0, 0.1) is 13.8 Å². The molecule has 1 aromatic heterocycles. The minimum absolute atomic E-state index is 0.104. The molecule has 1 heterocycles. The number of rotatable bonds is 6. The van der Waals surface area contributed by atoms with Crippen molar-refractivity contribution in [2.24, 2.45) is 0 Å². The summed E-state index contributed by atoms with van der Waals surface area (Å²) in [6.07, 6.45) is -0.453. The van der Waals surface area contributed by atoms with Gasteiger partial charge in [-0.25, -0.2) is 0 Å². The zero-order valence-corrected chi connectivity index (χ0v) is 13.6. The summed E-state index contributed by atoms with van der Waals surface area (Å²) in [6.45, 7) is 3.61. The largest absolute Gasteiger partial charge is 0.390 e. The highest BCUT2D eigenvalue weighted by Crippen LogP contribution is 2.17. The van der Waals surface area contributed by atoms with Crippen molar-refractivity contribution in [2.75, 3.05) is 6.61 Å². The number of thiophene rings is 1. The minimum Gasteiger partial charge on any atom is -0.390 e. The van der Waals surface area contributed by atoms with E-state index < -0.39 is 16.2 Å². The predicted octanol–water partition coefficient (Wildman–Crippen LogP) is 2.67. The Labute approximate surface area is 129 Å². The first-order valence-corrected chi connectivity index (χ1v) is 8.84. The van der Waals surface area contributed by atoms with Crippen LogP contribution in [0.2, 0.25) is 0 Å². The summed E-state index contributed by atoms with van der Waals surface area (Å²) in [4.78, 5) is 1.11. The molecule has 21 heavy (non-hydrogen) atoms. The van der Waals surface area contributed by atoms with Crippen molar-refractivity contribution >= 4 is 21.5 Å². The monoisotopic (exact) mass is 326 g/mol. The summed E-state index contributed by atoms with van der Waals surface area (Å²) < 4.78 is 28.9. The average Bonchev–Trinajstić information content (AvgIpc) is 2.82. The smallest absolute Gasteiger partial charge is 0.297 e. The molecule has 0 saturated heterocycles. The Bertz CT molecular complexity index is 687. The van der Waals surface area contributed by atoms with Crippen LogP contribution in [0.1, 0.15) is 16.0 Å². The third kappa shape index (κ3) is 4.64. The van der Waals surface area contributed by atoms with Crippen LogP contribution >= 0.6 is 11.3 Å². The molecule has 0 aliphatic heterocycles. The Morgan fingerprint density at radius 3 is 2.43 bits per heavy atom. The molecule has 4 nitrogen and oxygen atoms in total. The lowest BCUT2D eigenvalue weighted by atomic mass is 10.2. The molecule has 1 unspecified atom stereocenters. The van der Waals surface area contributed by atoms with Crippen molar-refractivity contribution < 1.29 is 17.7 Å². The van der Waals surface area contributed by atoms with E-state index in [9.17, 15) is 13.5 Å². The number of hydrogen-bond donors (Lipinski definition) is 1. The molecule has 0 amide bonds. The molecule has 1 aromatic carbocycles. The molecule has 0 saturated carbocycles. The predicted molar refractivity (Wildman–Crippen MR) is 83.1 cm³/mol. The van der Waals surface area contributed by atoms with Crippen LogP contribution in [0.5, 0.6) is 0 Å². The molecule has 1 atom stereocenters. The van der Waals surface area contributed by atoms with Gasteiger partial charge in [-0.05, 0) is 43.0 Å². The van der Waals surface area contributed by atoms with Crippen LogP contribution in [0.3, 0.4) is 0 Å². The topological polar surface area (TPSA) is 63.6 Å². The average molecular weight is 326 g/mol. The fourth-order valence-corrected chi connectivity index (χ4v) is 3.72. The maximum atomic E-state index is 12.0. The Morgan fingerprint density at radius 2 is 1.86 bits per heavy atom. The van der Waals surface area contributed by atoms with E-state index in [4.69, 9.17) is 4.18 Å². The van der Waals surface area contributed by atoms with E-state index in [2.05, 4.69) is 0 Å². The molecule has 114 valence electrons. The Balaban J connectivity index is 1.93. The van der Waals surface area contributed by atoms with E-state index in [0.717, 1.165) is 16.0 Å². The molecule has 0 spiro atoms. The normalized spacial score (nSPS) is 13.3. The van der Waals surface area contributed by atoms with Crippen molar-refractivity contribution in [3.63, 3.8) is 0 Å². The SMILES string of the molecule is Cc1ccc(S(=O)(=O)OCC(O)Cc2cc(C)cs2)cc1. The highest BCUT2D eigenvalue weighted by atomic mass is 32.2. The van der Waals surface area contributed by atoms with Crippen LogP contribution < -0.4 is 0 Å². The number of aliphatic hydroxyl groups is 1. The van der Waals surface area contributed by atoms with Gasteiger partial charge in [0.25, 0.3) is 10.1 Å². The first-order valence-electron chi connectivity index (χ1n) is 6.55. The Morgan fingerprint density at radius 1 is 1.19 bits per heavy atom. The van der Waals surface area contributed by atoms with E-state index >= 15 is 0 Å². The zero-order chi connectivity index (χ0) is 15.5. The second kappa shape index (κ2) is 6.70. The van der Waals surface area contributed by atoms with Gasteiger partial charge in [0, 0.05) is 11.3 Å². The summed E-state index contributed by atoms with van der Waals surface area (Å²) in [5, 5.41) is 11.9. The Kier molecular flexibility index (Phi) is 5.16. The van der Waals surface area contributed by atoms with E-state index in [1.54, 1.807) is 23.5 Å². The summed E-state index contributed by atoms with van der Waals surface area (Å²) >= 11 is 1.54. The molecule has 0 bridgehead atoms. The van der Waals surface area contributed by atoms with E-state index in [1.165, 1.54) is 12.1 Å². The van der Waals surface area contributed by atoms with Crippen molar-refractivity contribution in [3.8, 4) is 0 Å². The summed E-state index contributed by atoms with van der Waals surface area (Å²) in [7, 11) is -3.82. The van der Waals surface area contributed by atoms with Crippen LogP contribution in [-0.2, 0) is 20.7 Å². The lowest BCUT2D eigenvalue weighted by Gasteiger charge is -2.10. The first-order chi connectivity index (χ1) is 9.87. The molecule has 2 aromatic rings. The van der Waals surface area contributed by atoms with E-state index in [0.29, 0.717) is 6.42 Å². The molecule has 0 radical (unpaired) electrons. The maximum Gasteiger partial charge on any atom is 0.297 e.